The van der Waals surface area contributed by atoms with E-state index in [9.17, 15) is 29.1 Å². The quantitative estimate of drug-likeness (QED) is 0.0528. The minimum Gasteiger partial charge on any atom is -0.391 e. The van der Waals surface area contributed by atoms with Crippen LogP contribution in [-0.4, -0.2) is 172 Å². The number of halogens is 1. The lowest BCUT2D eigenvalue weighted by atomic mass is 9.85. The molecule has 7 N–H and O–H groups in total. The number of hydrogen-bond donors (Lipinski definition) is 6. The number of H-pyrrole nitrogens is 1. The van der Waals surface area contributed by atoms with Crippen LogP contribution in [0.2, 0.25) is 5.02 Å². The van der Waals surface area contributed by atoms with Crippen LogP contribution in [0.25, 0.3) is 21.5 Å². The van der Waals surface area contributed by atoms with Crippen molar-refractivity contribution < 1.29 is 38.6 Å². The standard InChI is InChI=1S/C55H73ClN12O8S/c1-36-47(77-35-62-36)39-7-5-37(6-8-39)32-59-51(72)44-31-41(69)33-68(44)52(73)48(54(2,3)4)64-45(70)15-27-75-29-30-76-28-16-46(71)66-25-23-65(24-26-66)20-14-43(38-9-11-40(56)12-10-38)63-53(74)55(57)17-21-67(22-18-55)50-42-13-19-58-49(42)60-34-61-50/h5-13,19,34-35,41,43-44,48,69H,14-18,20-33,57H2,1-4H3,(H,59,72)(H,63,74)(H,64,70)(H,58,60,61)/t41-,43?,44+,48?/m1/s1. The lowest BCUT2D eigenvalue weighted by Crippen LogP contribution is -2.60. The highest BCUT2D eigenvalue weighted by atomic mass is 35.5. The number of nitrogens with two attached hydrogens (primary N) is 1. The largest absolute Gasteiger partial charge is 0.391 e. The highest BCUT2D eigenvalue weighted by Gasteiger charge is 2.45. The zero-order valence-electron chi connectivity index (χ0n) is 44.5. The molecular weight excluding hydrogens is 1020 g/mol. The van der Waals surface area contributed by atoms with Crippen LogP contribution in [-0.2, 0) is 40.0 Å². The average Bonchev–Trinajstić information content (AvgIpc) is 4.22. The van der Waals surface area contributed by atoms with Gasteiger partial charge in [0.1, 0.15) is 29.9 Å². The molecule has 77 heavy (non-hydrogen) atoms. The maximum absolute atomic E-state index is 14.0. The van der Waals surface area contributed by atoms with Gasteiger partial charge < -0.3 is 55.9 Å². The number of carbonyl (C=O) groups is 5. The Hall–Kier alpha value is -6.07. The summed E-state index contributed by atoms with van der Waals surface area (Å²) in [6.45, 7) is 12.9. The molecule has 3 fully saturated rings. The van der Waals surface area contributed by atoms with Crippen molar-refractivity contribution in [2.24, 2.45) is 11.1 Å². The molecule has 3 saturated heterocycles. The number of aliphatic hydroxyl groups is 1. The number of ether oxygens (including phenoxy) is 2. The Morgan fingerprint density at radius 1 is 0.896 bits per heavy atom. The van der Waals surface area contributed by atoms with E-state index < -0.39 is 35.0 Å². The number of likely N-dealkylation sites (tertiary alicyclic amines) is 1. The van der Waals surface area contributed by atoms with Gasteiger partial charge in [0, 0.05) is 83.0 Å². The molecule has 5 amide bonds. The topological polar surface area (TPSA) is 254 Å². The molecule has 3 aliphatic rings. The summed E-state index contributed by atoms with van der Waals surface area (Å²) in [6, 6.07) is 15.2. The third-order valence-corrected chi connectivity index (χ3v) is 16.0. The number of piperidine rings is 1. The van der Waals surface area contributed by atoms with E-state index in [2.05, 4.69) is 45.7 Å². The number of carbonyl (C=O) groups excluding carboxylic acids is 5. The number of thiazole rings is 1. The number of fused-ring (bicyclic) bond motifs is 1. The SMILES string of the molecule is Cc1ncsc1-c1ccc(CNC(=O)[C@@H]2C[C@@H](O)CN2C(=O)C(NC(=O)CCOCCOCCC(=O)N2CCN(CCC(NC(=O)C3(N)CCN(c4ncnc5[nH]ccc45)CC3)c3ccc(Cl)cc3)CC2)C(C)(C)C)cc1. The second-order valence-corrected chi connectivity index (χ2v) is 22.6. The monoisotopic (exact) mass is 1100 g/mol. The van der Waals surface area contributed by atoms with E-state index in [4.69, 9.17) is 26.8 Å². The molecule has 0 spiro atoms. The summed E-state index contributed by atoms with van der Waals surface area (Å²) < 4.78 is 11.4. The summed E-state index contributed by atoms with van der Waals surface area (Å²) in [5, 5.41) is 21.2. The lowest BCUT2D eigenvalue weighted by Gasteiger charge is -2.39. The Labute approximate surface area is 458 Å². The van der Waals surface area contributed by atoms with Gasteiger partial charge in [0.25, 0.3) is 0 Å². The van der Waals surface area contributed by atoms with Crippen molar-refractivity contribution in [3.8, 4) is 10.4 Å². The highest BCUT2D eigenvalue weighted by molar-refractivity contribution is 7.13. The summed E-state index contributed by atoms with van der Waals surface area (Å²) in [6.07, 6.45) is 4.39. The molecule has 6 heterocycles. The van der Waals surface area contributed by atoms with Crippen molar-refractivity contribution in [2.75, 3.05) is 83.7 Å². The maximum Gasteiger partial charge on any atom is 0.246 e. The Kier molecular flexibility index (Phi) is 19.3. The maximum atomic E-state index is 14.0. The molecule has 0 bridgehead atoms. The van der Waals surface area contributed by atoms with Gasteiger partial charge in [0.05, 0.1) is 72.0 Å². The number of anilines is 1. The van der Waals surface area contributed by atoms with Crippen LogP contribution in [0.4, 0.5) is 5.82 Å². The normalized spacial score (nSPS) is 18.8. The molecule has 20 nitrogen and oxygen atoms in total. The third-order valence-electron chi connectivity index (χ3n) is 14.8. The number of piperazine rings is 1. The molecule has 3 aliphatic heterocycles. The Morgan fingerprint density at radius 3 is 2.27 bits per heavy atom. The van der Waals surface area contributed by atoms with Gasteiger partial charge >= 0.3 is 0 Å². The van der Waals surface area contributed by atoms with Crippen molar-refractivity contribution in [1.82, 2.24) is 50.6 Å². The second-order valence-electron chi connectivity index (χ2n) is 21.3. The second kappa shape index (κ2) is 26.1. The van der Waals surface area contributed by atoms with E-state index >= 15 is 0 Å². The van der Waals surface area contributed by atoms with E-state index in [1.807, 2.05) is 98.9 Å². The first-order chi connectivity index (χ1) is 37.0. The minimum absolute atomic E-state index is 0.00700. The van der Waals surface area contributed by atoms with Crippen LogP contribution in [0.3, 0.4) is 0 Å². The third kappa shape index (κ3) is 14.9. The molecule has 8 rings (SSSR count). The fraction of sp³-hybridized carbons (Fsp3) is 0.527. The number of hydrogen-bond acceptors (Lipinski definition) is 15. The van der Waals surface area contributed by atoms with E-state index in [1.165, 1.54) is 4.90 Å². The van der Waals surface area contributed by atoms with Gasteiger partial charge in [0.2, 0.25) is 29.5 Å². The van der Waals surface area contributed by atoms with Crippen molar-refractivity contribution in [3.05, 3.63) is 94.5 Å². The van der Waals surface area contributed by atoms with Gasteiger partial charge in [-0.2, -0.15) is 0 Å². The number of nitrogens with zero attached hydrogens (tertiary/aromatic N) is 7. The predicted molar refractivity (Wildman–Crippen MR) is 295 cm³/mol. The number of β-amino-alcohol motifs (C(OH)–C–C–N with tert-alkyl or cyclic N) is 1. The Morgan fingerprint density at radius 2 is 1.60 bits per heavy atom. The van der Waals surface area contributed by atoms with Crippen LogP contribution in [0.5, 0.6) is 0 Å². The average molecular weight is 1100 g/mol. The summed E-state index contributed by atoms with van der Waals surface area (Å²) in [5.41, 5.74) is 11.5. The first-order valence-electron chi connectivity index (χ1n) is 26.5. The zero-order chi connectivity index (χ0) is 54.7. The first kappa shape index (κ1) is 57.1. The van der Waals surface area contributed by atoms with E-state index in [1.54, 1.807) is 17.7 Å². The lowest BCUT2D eigenvalue weighted by molar-refractivity contribution is -0.144. The molecule has 22 heteroatoms. The summed E-state index contributed by atoms with van der Waals surface area (Å²) in [4.78, 5) is 92.8. The number of rotatable bonds is 22. The predicted octanol–water partition coefficient (Wildman–Crippen LogP) is 4.36. The van der Waals surface area contributed by atoms with Gasteiger partial charge in [-0.05, 0) is 66.5 Å². The molecule has 2 unspecified atom stereocenters. The summed E-state index contributed by atoms with van der Waals surface area (Å²) >= 11 is 7.81. The number of aromatic amines is 1. The van der Waals surface area contributed by atoms with Crippen molar-refractivity contribution in [3.63, 3.8) is 0 Å². The smallest absolute Gasteiger partial charge is 0.246 e. The number of aromatic nitrogens is 4. The Bertz CT molecular complexity index is 2790. The van der Waals surface area contributed by atoms with Crippen LogP contribution in [0.1, 0.15) is 82.2 Å². The molecule has 5 aromatic rings. The van der Waals surface area contributed by atoms with E-state index in [0.717, 1.165) is 44.1 Å². The van der Waals surface area contributed by atoms with Gasteiger partial charge in [-0.25, -0.2) is 15.0 Å². The first-order valence-corrected chi connectivity index (χ1v) is 27.8. The summed E-state index contributed by atoms with van der Waals surface area (Å²) in [5.74, 6) is -0.550. The molecule has 3 aromatic heterocycles. The molecule has 0 radical (unpaired) electrons. The molecule has 4 atom stereocenters. The van der Waals surface area contributed by atoms with Crippen molar-refractivity contribution >= 4 is 69.3 Å². The number of benzene rings is 2. The Balaban J connectivity index is 0.702. The molecule has 2 aromatic carbocycles. The zero-order valence-corrected chi connectivity index (χ0v) is 46.0. The number of amides is 5. The van der Waals surface area contributed by atoms with Crippen molar-refractivity contribution in [2.45, 2.75) is 103 Å². The molecule has 0 saturated carbocycles. The van der Waals surface area contributed by atoms with Crippen molar-refractivity contribution in [1.29, 1.82) is 0 Å². The van der Waals surface area contributed by atoms with Crippen LogP contribution >= 0.6 is 22.9 Å². The van der Waals surface area contributed by atoms with Crippen LogP contribution in [0, 0.1) is 12.3 Å². The fourth-order valence-electron chi connectivity index (χ4n) is 10.1. The van der Waals surface area contributed by atoms with Crippen LogP contribution < -0.4 is 26.6 Å². The number of aryl methyl sites for hydroxylation is 1. The number of nitrogens with one attached hydrogen (secondary N) is 4. The minimum atomic E-state index is -1.04. The number of aliphatic hydroxyl groups excluding tert-OH is 1. The fourth-order valence-corrected chi connectivity index (χ4v) is 11.1. The van der Waals surface area contributed by atoms with Gasteiger partial charge in [-0.15, -0.1) is 11.3 Å². The van der Waals surface area contributed by atoms with Crippen LogP contribution in [0.15, 0.2) is 72.6 Å². The van der Waals surface area contributed by atoms with Gasteiger partial charge in [0.15, 0.2) is 0 Å². The summed E-state index contributed by atoms with van der Waals surface area (Å²) in [7, 11) is 0. The highest BCUT2D eigenvalue weighted by Crippen LogP contribution is 2.31. The van der Waals surface area contributed by atoms with Gasteiger partial charge in [-0.3, -0.25) is 28.9 Å². The molecule has 414 valence electrons. The van der Waals surface area contributed by atoms with E-state index in [0.29, 0.717) is 70.1 Å². The molecular formula is C55H73ClN12O8S. The molecule has 0 aliphatic carbocycles. The van der Waals surface area contributed by atoms with E-state index in [-0.39, 0.29) is 88.5 Å². The van der Waals surface area contributed by atoms with Gasteiger partial charge in [-0.1, -0.05) is 68.8 Å².